The minimum atomic E-state index is -2.07. The van der Waals surface area contributed by atoms with Crippen LogP contribution in [0.15, 0.2) is 48.5 Å². The van der Waals surface area contributed by atoms with Gasteiger partial charge in [-0.1, -0.05) is 65.5 Å². The predicted molar refractivity (Wildman–Crippen MR) is 117 cm³/mol. The van der Waals surface area contributed by atoms with Crippen LogP contribution in [0, 0.1) is 22.0 Å². The standard InChI is InChI=1S/C23H29NO3Si/c1-17(2)28(18(3)4,19(5)6)27-23-10-8-7-9-21(23)14-11-20-12-15-22(16-13-20)24(25)26/h7-10,12-13,15-19H,1-6H3. The Morgan fingerprint density at radius 2 is 1.39 bits per heavy atom. The number of hydrogen-bond donors (Lipinski definition) is 0. The van der Waals surface area contributed by atoms with Gasteiger partial charge < -0.3 is 4.43 Å². The number of benzene rings is 2. The first-order valence-electron chi connectivity index (χ1n) is 9.73. The van der Waals surface area contributed by atoms with Crippen molar-refractivity contribution in [1.29, 1.82) is 0 Å². The molecule has 2 aromatic rings. The van der Waals surface area contributed by atoms with Crippen LogP contribution in [0.25, 0.3) is 0 Å². The smallest absolute Gasteiger partial charge is 0.269 e. The molecule has 0 amide bonds. The van der Waals surface area contributed by atoms with Gasteiger partial charge in [0.2, 0.25) is 0 Å². The fourth-order valence-corrected chi connectivity index (χ4v) is 9.27. The van der Waals surface area contributed by atoms with Gasteiger partial charge in [0.1, 0.15) is 5.75 Å². The zero-order valence-electron chi connectivity index (χ0n) is 17.5. The highest BCUT2D eigenvalue weighted by atomic mass is 28.4. The molecule has 5 heteroatoms. The second-order valence-corrected chi connectivity index (χ2v) is 13.3. The average molecular weight is 396 g/mol. The van der Waals surface area contributed by atoms with E-state index >= 15 is 0 Å². The van der Waals surface area contributed by atoms with E-state index < -0.39 is 13.2 Å². The summed E-state index contributed by atoms with van der Waals surface area (Å²) in [6.45, 7) is 13.6. The van der Waals surface area contributed by atoms with Gasteiger partial charge in [-0.3, -0.25) is 10.1 Å². The Balaban J connectivity index is 2.39. The Labute approximate surface area is 169 Å². The first-order valence-corrected chi connectivity index (χ1v) is 11.9. The van der Waals surface area contributed by atoms with Crippen molar-refractivity contribution in [1.82, 2.24) is 0 Å². The van der Waals surface area contributed by atoms with Crippen molar-refractivity contribution in [2.24, 2.45) is 0 Å². The molecule has 0 bridgehead atoms. The van der Waals surface area contributed by atoms with Crippen LogP contribution in [0.1, 0.15) is 52.7 Å². The second-order valence-electron chi connectivity index (χ2n) is 7.97. The van der Waals surface area contributed by atoms with Gasteiger partial charge in [0.15, 0.2) is 0 Å². The molecule has 2 rings (SSSR count). The molecule has 0 spiro atoms. The first kappa shape index (κ1) is 21.7. The van der Waals surface area contributed by atoms with E-state index in [2.05, 4.69) is 53.4 Å². The summed E-state index contributed by atoms with van der Waals surface area (Å²) in [6.07, 6.45) is 0. The lowest BCUT2D eigenvalue weighted by atomic mass is 10.1. The summed E-state index contributed by atoms with van der Waals surface area (Å²) in [5, 5.41) is 10.8. The lowest BCUT2D eigenvalue weighted by Crippen LogP contribution is -2.50. The summed E-state index contributed by atoms with van der Waals surface area (Å²) >= 11 is 0. The van der Waals surface area contributed by atoms with Crippen LogP contribution < -0.4 is 4.43 Å². The van der Waals surface area contributed by atoms with Crippen molar-refractivity contribution in [2.45, 2.75) is 58.2 Å². The summed E-state index contributed by atoms with van der Waals surface area (Å²) in [5.41, 5.74) is 3.07. The summed E-state index contributed by atoms with van der Waals surface area (Å²) in [6, 6.07) is 14.2. The lowest BCUT2D eigenvalue weighted by Gasteiger charge is -2.42. The van der Waals surface area contributed by atoms with Crippen molar-refractivity contribution in [3.63, 3.8) is 0 Å². The van der Waals surface area contributed by atoms with E-state index in [1.54, 1.807) is 12.1 Å². The van der Waals surface area contributed by atoms with Gasteiger partial charge in [-0.15, -0.1) is 0 Å². The molecule has 0 fully saturated rings. The van der Waals surface area contributed by atoms with Crippen LogP contribution in [0.4, 0.5) is 5.69 Å². The summed E-state index contributed by atoms with van der Waals surface area (Å²) in [7, 11) is -2.07. The van der Waals surface area contributed by atoms with Crippen LogP contribution in [-0.4, -0.2) is 13.2 Å². The number of non-ortho nitro benzene ring substituents is 1. The number of nitro groups is 1. The topological polar surface area (TPSA) is 52.4 Å². The molecule has 148 valence electrons. The molecule has 0 aliphatic carbocycles. The minimum absolute atomic E-state index is 0.0656. The Morgan fingerprint density at radius 3 is 1.89 bits per heavy atom. The van der Waals surface area contributed by atoms with Crippen molar-refractivity contribution in [3.05, 3.63) is 69.8 Å². The van der Waals surface area contributed by atoms with Gasteiger partial charge in [0.05, 0.1) is 10.5 Å². The normalized spacial score (nSPS) is 11.5. The third-order valence-electron chi connectivity index (χ3n) is 5.30. The van der Waals surface area contributed by atoms with Crippen molar-refractivity contribution < 1.29 is 9.35 Å². The third kappa shape index (κ3) is 4.63. The maximum absolute atomic E-state index is 10.8. The highest BCUT2D eigenvalue weighted by molar-refractivity contribution is 6.78. The average Bonchev–Trinajstić information content (AvgIpc) is 2.64. The molecule has 0 aromatic heterocycles. The molecule has 0 atom stereocenters. The number of rotatable bonds is 6. The fourth-order valence-electron chi connectivity index (χ4n) is 4.01. The van der Waals surface area contributed by atoms with E-state index in [0.29, 0.717) is 16.6 Å². The van der Waals surface area contributed by atoms with Crippen LogP contribution in [0.5, 0.6) is 5.75 Å². The molecule has 28 heavy (non-hydrogen) atoms. The van der Waals surface area contributed by atoms with Crippen LogP contribution in [0.2, 0.25) is 16.6 Å². The van der Waals surface area contributed by atoms with Crippen LogP contribution in [0.3, 0.4) is 0 Å². The highest BCUT2D eigenvalue weighted by Crippen LogP contribution is 2.43. The summed E-state index contributed by atoms with van der Waals surface area (Å²) in [5.74, 6) is 7.13. The number of nitrogens with zero attached hydrogens (tertiary/aromatic N) is 1. The molecule has 0 aliphatic heterocycles. The Hall–Kier alpha value is -2.58. The first-order chi connectivity index (χ1) is 13.2. The van der Waals surface area contributed by atoms with Gasteiger partial charge in [-0.2, -0.15) is 0 Å². The predicted octanol–water partition coefficient (Wildman–Crippen LogP) is 6.55. The van der Waals surface area contributed by atoms with Crippen LogP contribution >= 0.6 is 0 Å². The Morgan fingerprint density at radius 1 is 0.857 bits per heavy atom. The molecule has 4 nitrogen and oxygen atoms in total. The van der Waals surface area contributed by atoms with Gasteiger partial charge in [0.25, 0.3) is 14.0 Å². The molecule has 0 aliphatic rings. The molecule has 0 saturated carbocycles. The number of hydrogen-bond acceptors (Lipinski definition) is 3. The zero-order chi connectivity index (χ0) is 20.9. The second kappa shape index (κ2) is 9.07. The molecule has 0 radical (unpaired) electrons. The molecule has 0 heterocycles. The van der Waals surface area contributed by atoms with Gasteiger partial charge >= 0.3 is 0 Å². The monoisotopic (exact) mass is 395 g/mol. The van der Waals surface area contributed by atoms with E-state index in [1.807, 2.05) is 24.3 Å². The van der Waals surface area contributed by atoms with Gasteiger partial charge in [-0.05, 0) is 40.9 Å². The van der Waals surface area contributed by atoms with E-state index in [4.69, 9.17) is 4.43 Å². The number of nitro benzene ring substituents is 1. The fraction of sp³-hybridized carbons (Fsp3) is 0.391. The molecule has 0 N–H and O–H groups in total. The largest absolute Gasteiger partial charge is 0.542 e. The Kier molecular flexibility index (Phi) is 7.04. The maximum Gasteiger partial charge on any atom is 0.269 e. The molecular formula is C23H29NO3Si. The molecule has 0 unspecified atom stereocenters. The third-order valence-corrected chi connectivity index (χ3v) is 11.3. The van der Waals surface area contributed by atoms with E-state index in [1.165, 1.54) is 12.1 Å². The number of para-hydroxylation sites is 1. The van der Waals surface area contributed by atoms with E-state index in [9.17, 15) is 10.1 Å². The molecule has 2 aromatic carbocycles. The van der Waals surface area contributed by atoms with Gasteiger partial charge in [-0.25, -0.2) is 0 Å². The van der Waals surface area contributed by atoms with Crippen molar-refractivity contribution >= 4 is 14.0 Å². The molecule has 0 saturated heterocycles. The quantitative estimate of drug-likeness (QED) is 0.241. The lowest BCUT2D eigenvalue weighted by molar-refractivity contribution is -0.384. The molecular weight excluding hydrogens is 366 g/mol. The SMILES string of the molecule is CC(C)[Si](Oc1ccccc1C#Cc1ccc([N+](=O)[O-])cc1)(C(C)C)C(C)C. The Bertz CT molecular complexity index is 855. The minimum Gasteiger partial charge on any atom is -0.542 e. The maximum atomic E-state index is 10.8. The van der Waals surface area contributed by atoms with E-state index in [-0.39, 0.29) is 5.69 Å². The van der Waals surface area contributed by atoms with Crippen molar-refractivity contribution in [3.8, 4) is 17.6 Å². The summed E-state index contributed by atoms with van der Waals surface area (Å²) < 4.78 is 6.80. The summed E-state index contributed by atoms with van der Waals surface area (Å²) in [4.78, 5) is 10.4. The highest BCUT2D eigenvalue weighted by Gasteiger charge is 2.47. The zero-order valence-corrected chi connectivity index (χ0v) is 18.5. The van der Waals surface area contributed by atoms with Crippen LogP contribution in [-0.2, 0) is 0 Å². The van der Waals surface area contributed by atoms with Gasteiger partial charge in [0, 0.05) is 17.7 Å². The van der Waals surface area contributed by atoms with E-state index in [0.717, 1.165) is 16.9 Å². The van der Waals surface area contributed by atoms with Crippen molar-refractivity contribution in [2.75, 3.05) is 0 Å².